The minimum Gasteiger partial charge on any atom is -0.440 e. The van der Waals surface area contributed by atoms with Crippen LogP contribution in [0.25, 0.3) is 22.1 Å². The van der Waals surface area contributed by atoms with Crippen molar-refractivity contribution in [1.82, 2.24) is 4.98 Å². The Morgan fingerprint density at radius 3 is 2.56 bits per heavy atom. The number of rotatable bonds is 0. The SMILES string of the molecule is Cc1nc2c(o1)-c1cccc3cccc(c13)C2=O. The number of fused-ring (bicyclic) bond motifs is 2. The maximum Gasteiger partial charge on any atom is 0.215 e. The average Bonchev–Trinajstić information content (AvgIpc) is 2.78. The molecule has 0 saturated heterocycles. The number of benzene rings is 2. The summed E-state index contributed by atoms with van der Waals surface area (Å²) in [5, 5.41) is 2.02. The summed E-state index contributed by atoms with van der Waals surface area (Å²) in [4.78, 5) is 16.6. The number of ketones is 1. The first-order valence-corrected chi connectivity index (χ1v) is 5.80. The lowest BCUT2D eigenvalue weighted by Gasteiger charge is -2.14. The highest BCUT2D eigenvalue weighted by molar-refractivity contribution is 6.24. The molecule has 0 fully saturated rings. The first-order valence-electron chi connectivity index (χ1n) is 5.80. The van der Waals surface area contributed by atoms with Gasteiger partial charge in [0.25, 0.3) is 0 Å². The molecule has 0 N–H and O–H groups in total. The van der Waals surface area contributed by atoms with E-state index in [2.05, 4.69) is 4.98 Å². The largest absolute Gasteiger partial charge is 0.440 e. The molecule has 4 rings (SSSR count). The van der Waals surface area contributed by atoms with E-state index in [1.54, 1.807) is 6.92 Å². The minimum atomic E-state index is -0.0499. The topological polar surface area (TPSA) is 43.1 Å². The van der Waals surface area contributed by atoms with Crippen LogP contribution in [-0.2, 0) is 0 Å². The number of carbonyl (C=O) groups is 1. The van der Waals surface area contributed by atoms with Crippen molar-refractivity contribution in [2.45, 2.75) is 6.92 Å². The number of hydrogen-bond donors (Lipinski definition) is 0. The van der Waals surface area contributed by atoms with Crippen molar-refractivity contribution < 1.29 is 9.21 Å². The highest BCUT2D eigenvalue weighted by Crippen LogP contribution is 2.39. The van der Waals surface area contributed by atoms with Crippen LogP contribution in [0.3, 0.4) is 0 Å². The van der Waals surface area contributed by atoms with Gasteiger partial charge < -0.3 is 4.42 Å². The smallest absolute Gasteiger partial charge is 0.215 e. The highest BCUT2D eigenvalue weighted by Gasteiger charge is 2.29. The molecule has 0 saturated carbocycles. The van der Waals surface area contributed by atoms with Gasteiger partial charge in [0.2, 0.25) is 5.78 Å². The molecule has 1 aliphatic rings. The molecule has 0 amide bonds. The molecule has 2 aromatic carbocycles. The second-order valence-corrected chi connectivity index (χ2v) is 4.45. The van der Waals surface area contributed by atoms with Crippen molar-refractivity contribution in [2.24, 2.45) is 0 Å². The summed E-state index contributed by atoms with van der Waals surface area (Å²) < 4.78 is 5.59. The predicted molar refractivity (Wildman–Crippen MR) is 67.6 cm³/mol. The first kappa shape index (κ1) is 9.59. The van der Waals surface area contributed by atoms with E-state index in [9.17, 15) is 4.79 Å². The van der Waals surface area contributed by atoms with Gasteiger partial charge in [-0.25, -0.2) is 4.98 Å². The lowest BCUT2D eigenvalue weighted by Crippen LogP contribution is -2.09. The van der Waals surface area contributed by atoms with Crippen LogP contribution in [0.1, 0.15) is 21.9 Å². The Labute approximate surface area is 103 Å². The summed E-state index contributed by atoms with van der Waals surface area (Å²) in [6.07, 6.45) is 0. The summed E-state index contributed by atoms with van der Waals surface area (Å²) in [6, 6.07) is 11.7. The van der Waals surface area contributed by atoms with Gasteiger partial charge >= 0.3 is 0 Å². The third-order valence-electron chi connectivity index (χ3n) is 3.34. The molecule has 3 heteroatoms. The Kier molecular flexibility index (Phi) is 1.64. The zero-order valence-corrected chi connectivity index (χ0v) is 9.73. The van der Waals surface area contributed by atoms with E-state index in [1.807, 2.05) is 36.4 Å². The zero-order chi connectivity index (χ0) is 12.3. The summed E-state index contributed by atoms with van der Waals surface area (Å²) in [5.41, 5.74) is 2.10. The van der Waals surface area contributed by atoms with Crippen LogP contribution in [0.5, 0.6) is 0 Å². The zero-order valence-electron chi connectivity index (χ0n) is 9.73. The number of carbonyl (C=O) groups excluding carboxylic acids is 1. The van der Waals surface area contributed by atoms with E-state index in [0.717, 1.165) is 16.3 Å². The van der Waals surface area contributed by atoms with Crippen LogP contribution in [-0.4, -0.2) is 10.8 Å². The van der Waals surface area contributed by atoms with E-state index >= 15 is 0 Å². The fraction of sp³-hybridized carbons (Fsp3) is 0.0667. The first-order chi connectivity index (χ1) is 8.75. The van der Waals surface area contributed by atoms with E-state index in [0.29, 0.717) is 22.9 Å². The number of nitrogens with zero attached hydrogens (tertiary/aromatic N) is 1. The fourth-order valence-electron chi connectivity index (χ4n) is 2.61. The molecule has 1 aliphatic carbocycles. The molecule has 0 atom stereocenters. The molecule has 3 nitrogen and oxygen atoms in total. The Morgan fingerprint density at radius 1 is 1.06 bits per heavy atom. The van der Waals surface area contributed by atoms with Crippen molar-refractivity contribution in [2.75, 3.05) is 0 Å². The summed E-state index contributed by atoms with van der Waals surface area (Å²) >= 11 is 0. The van der Waals surface area contributed by atoms with Gasteiger partial charge in [0.1, 0.15) is 0 Å². The molecule has 0 aliphatic heterocycles. The van der Waals surface area contributed by atoms with Gasteiger partial charge in [0.05, 0.1) is 0 Å². The van der Waals surface area contributed by atoms with E-state index in [1.165, 1.54) is 0 Å². The van der Waals surface area contributed by atoms with Gasteiger partial charge in [-0.1, -0.05) is 36.4 Å². The third kappa shape index (κ3) is 1.03. The van der Waals surface area contributed by atoms with Gasteiger partial charge in [0.15, 0.2) is 17.3 Å². The molecule has 0 unspecified atom stereocenters. The highest BCUT2D eigenvalue weighted by atomic mass is 16.4. The summed E-state index contributed by atoms with van der Waals surface area (Å²) in [6.45, 7) is 1.76. The lowest BCUT2D eigenvalue weighted by molar-refractivity contribution is 0.103. The number of hydrogen-bond acceptors (Lipinski definition) is 3. The van der Waals surface area contributed by atoms with Gasteiger partial charge in [-0.2, -0.15) is 0 Å². The molecule has 18 heavy (non-hydrogen) atoms. The normalized spacial score (nSPS) is 12.8. The van der Waals surface area contributed by atoms with Gasteiger partial charge in [0, 0.05) is 23.4 Å². The van der Waals surface area contributed by atoms with Gasteiger partial charge in [-0.15, -0.1) is 0 Å². The standard InChI is InChI=1S/C15H9NO2/c1-8-16-13-14(17)10-6-2-4-9-5-3-7-11(12(9)10)15(13)18-8/h2-7H,1H3. The van der Waals surface area contributed by atoms with Crippen LogP contribution in [0.4, 0.5) is 0 Å². The van der Waals surface area contributed by atoms with Gasteiger partial charge in [-0.3, -0.25) is 4.79 Å². The minimum absolute atomic E-state index is 0.0499. The third-order valence-corrected chi connectivity index (χ3v) is 3.34. The van der Waals surface area contributed by atoms with Crippen LogP contribution in [0.15, 0.2) is 40.8 Å². The molecule has 3 aromatic rings. The second kappa shape index (κ2) is 3.07. The maximum absolute atomic E-state index is 12.4. The van der Waals surface area contributed by atoms with Crippen LogP contribution in [0.2, 0.25) is 0 Å². The fourth-order valence-corrected chi connectivity index (χ4v) is 2.61. The van der Waals surface area contributed by atoms with Crippen LogP contribution >= 0.6 is 0 Å². The lowest BCUT2D eigenvalue weighted by atomic mass is 9.89. The van der Waals surface area contributed by atoms with Crippen molar-refractivity contribution in [3.05, 3.63) is 53.5 Å². The van der Waals surface area contributed by atoms with Gasteiger partial charge in [-0.05, 0) is 5.39 Å². The average molecular weight is 235 g/mol. The Balaban J connectivity index is 2.27. The number of oxazole rings is 1. The Bertz CT molecular complexity index is 809. The Hall–Kier alpha value is -2.42. The molecule has 1 aromatic heterocycles. The van der Waals surface area contributed by atoms with Crippen molar-refractivity contribution in [3.8, 4) is 11.3 Å². The molecule has 86 valence electrons. The Morgan fingerprint density at radius 2 is 1.78 bits per heavy atom. The summed E-state index contributed by atoms with van der Waals surface area (Å²) in [7, 11) is 0. The van der Waals surface area contributed by atoms with Crippen molar-refractivity contribution in [3.63, 3.8) is 0 Å². The van der Waals surface area contributed by atoms with E-state index < -0.39 is 0 Å². The van der Waals surface area contributed by atoms with Crippen molar-refractivity contribution in [1.29, 1.82) is 0 Å². The number of aryl methyl sites for hydroxylation is 1. The molecular formula is C15H9NO2. The molecular weight excluding hydrogens is 226 g/mol. The van der Waals surface area contributed by atoms with Crippen LogP contribution in [0, 0.1) is 6.92 Å². The molecule has 1 heterocycles. The van der Waals surface area contributed by atoms with Crippen LogP contribution < -0.4 is 0 Å². The second-order valence-electron chi connectivity index (χ2n) is 4.45. The maximum atomic E-state index is 12.4. The molecule has 0 bridgehead atoms. The van der Waals surface area contributed by atoms with E-state index in [-0.39, 0.29) is 5.78 Å². The van der Waals surface area contributed by atoms with Crippen molar-refractivity contribution >= 4 is 16.6 Å². The summed E-state index contributed by atoms with van der Waals surface area (Å²) in [5.74, 6) is 1.08. The molecule has 0 spiro atoms. The van der Waals surface area contributed by atoms with E-state index in [4.69, 9.17) is 4.42 Å². The predicted octanol–water partition coefficient (Wildman–Crippen LogP) is 3.35. The quantitative estimate of drug-likeness (QED) is 0.469. The monoisotopic (exact) mass is 235 g/mol. The number of aromatic nitrogens is 1. The molecule has 0 radical (unpaired) electrons.